The lowest BCUT2D eigenvalue weighted by molar-refractivity contribution is 0.471. The third-order valence-electron chi connectivity index (χ3n) is 2.04. The van der Waals surface area contributed by atoms with Crippen LogP contribution in [0.15, 0.2) is 18.3 Å². The van der Waals surface area contributed by atoms with Crippen molar-refractivity contribution in [1.82, 2.24) is 10.3 Å². The Morgan fingerprint density at radius 3 is 2.83 bits per heavy atom. The highest BCUT2D eigenvalue weighted by Gasteiger charge is 2.15. The molecule has 12 heavy (non-hydrogen) atoms. The van der Waals surface area contributed by atoms with Gasteiger partial charge in [-0.25, -0.2) is 4.98 Å². The fourth-order valence-electron chi connectivity index (χ4n) is 1.15. The maximum absolute atomic E-state index is 4.26. The van der Waals surface area contributed by atoms with Crippen molar-refractivity contribution in [3.63, 3.8) is 0 Å². The summed E-state index contributed by atoms with van der Waals surface area (Å²) in [6.45, 7) is 4.15. The van der Waals surface area contributed by atoms with Crippen molar-refractivity contribution in [3.8, 4) is 0 Å². The molecule has 0 radical (unpaired) electrons. The molecule has 0 bridgehead atoms. The van der Waals surface area contributed by atoms with Gasteiger partial charge in [0.05, 0.1) is 6.04 Å². The van der Waals surface area contributed by atoms with Crippen LogP contribution in [0, 0.1) is 6.92 Å². The Morgan fingerprint density at radius 1 is 1.50 bits per heavy atom. The summed E-state index contributed by atoms with van der Waals surface area (Å²) in [4.78, 5) is 4.26. The SMILES string of the molecule is Cc1ccc(NC2CNC2)nc1. The van der Waals surface area contributed by atoms with E-state index in [1.165, 1.54) is 5.56 Å². The van der Waals surface area contributed by atoms with Gasteiger partial charge in [-0.1, -0.05) is 6.07 Å². The van der Waals surface area contributed by atoms with Gasteiger partial charge in [0.15, 0.2) is 0 Å². The van der Waals surface area contributed by atoms with E-state index in [1.807, 2.05) is 19.2 Å². The molecular weight excluding hydrogens is 150 g/mol. The average molecular weight is 163 g/mol. The second kappa shape index (κ2) is 3.11. The highest BCUT2D eigenvalue weighted by molar-refractivity contribution is 5.37. The van der Waals surface area contributed by atoms with Gasteiger partial charge >= 0.3 is 0 Å². The summed E-state index contributed by atoms with van der Waals surface area (Å²) >= 11 is 0. The zero-order valence-electron chi connectivity index (χ0n) is 7.17. The first-order chi connectivity index (χ1) is 5.84. The van der Waals surface area contributed by atoms with Crippen molar-refractivity contribution in [2.75, 3.05) is 18.4 Å². The Morgan fingerprint density at radius 2 is 2.33 bits per heavy atom. The number of hydrogen-bond donors (Lipinski definition) is 2. The Hall–Kier alpha value is -1.09. The monoisotopic (exact) mass is 163 g/mol. The van der Waals surface area contributed by atoms with Crippen LogP contribution in [0.3, 0.4) is 0 Å². The molecule has 64 valence electrons. The molecule has 0 spiro atoms. The Balaban J connectivity index is 1.98. The van der Waals surface area contributed by atoms with Crippen molar-refractivity contribution in [2.45, 2.75) is 13.0 Å². The fraction of sp³-hybridized carbons (Fsp3) is 0.444. The summed E-state index contributed by atoms with van der Waals surface area (Å²) in [5.41, 5.74) is 1.20. The lowest BCUT2D eigenvalue weighted by Gasteiger charge is -2.28. The summed E-state index contributed by atoms with van der Waals surface area (Å²) in [6.07, 6.45) is 1.88. The number of nitrogens with zero attached hydrogens (tertiary/aromatic N) is 1. The van der Waals surface area contributed by atoms with Crippen molar-refractivity contribution in [3.05, 3.63) is 23.9 Å². The lowest BCUT2D eigenvalue weighted by Crippen LogP contribution is -2.51. The first kappa shape index (κ1) is 7.55. The Labute approximate surface area is 72.2 Å². The number of nitrogens with one attached hydrogen (secondary N) is 2. The van der Waals surface area contributed by atoms with E-state index in [4.69, 9.17) is 0 Å². The molecule has 2 heterocycles. The minimum atomic E-state index is 0.570. The predicted octanol–water partition coefficient (Wildman–Crippen LogP) is 0.774. The van der Waals surface area contributed by atoms with Gasteiger partial charge in [-0.05, 0) is 18.6 Å². The van der Waals surface area contributed by atoms with E-state index in [0.29, 0.717) is 6.04 Å². The molecule has 1 aliphatic rings. The van der Waals surface area contributed by atoms with Crippen LogP contribution in [-0.2, 0) is 0 Å². The second-order valence-corrected chi connectivity index (χ2v) is 3.22. The van der Waals surface area contributed by atoms with Crippen LogP contribution >= 0.6 is 0 Å². The molecule has 3 nitrogen and oxygen atoms in total. The highest BCUT2D eigenvalue weighted by atomic mass is 15.1. The Bertz CT molecular complexity index is 251. The van der Waals surface area contributed by atoms with Crippen LogP contribution in [0.2, 0.25) is 0 Å². The molecule has 1 aromatic rings. The van der Waals surface area contributed by atoms with E-state index in [9.17, 15) is 0 Å². The number of rotatable bonds is 2. The molecule has 1 aromatic heterocycles. The van der Waals surface area contributed by atoms with Crippen molar-refractivity contribution < 1.29 is 0 Å². The molecule has 2 N–H and O–H groups in total. The summed E-state index contributed by atoms with van der Waals surface area (Å²) in [5, 5.41) is 6.53. The van der Waals surface area contributed by atoms with Gasteiger partial charge in [-0.15, -0.1) is 0 Å². The Kier molecular flexibility index (Phi) is 1.96. The predicted molar refractivity (Wildman–Crippen MR) is 49.3 cm³/mol. The summed E-state index contributed by atoms with van der Waals surface area (Å²) in [5.74, 6) is 0.979. The van der Waals surface area contributed by atoms with Gasteiger partial charge in [-0.2, -0.15) is 0 Å². The minimum Gasteiger partial charge on any atom is -0.365 e. The molecule has 0 unspecified atom stereocenters. The topological polar surface area (TPSA) is 37.0 Å². The molecule has 1 fully saturated rings. The standard InChI is InChI=1S/C9H13N3/c1-7-2-3-9(11-4-7)12-8-5-10-6-8/h2-4,8,10H,5-6H2,1H3,(H,11,12). The molecule has 2 rings (SSSR count). The molecule has 0 aliphatic carbocycles. The molecule has 0 saturated carbocycles. The zero-order valence-corrected chi connectivity index (χ0v) is 7.17. The number of aryl methyl sites for hydroxylation is 1. The smallest absolute Gasteiger partial charge is 0.126 e. The average Bonchev–Trinajstić information content (AvgIpc) is 2.00. The van der Waals surface area contributed by atoms with Gasteiger partial charge in [-0.3, -0.25) is 0 Å². The largest absolute Gasteiger partial charge is 0.365 e. The summed E-state index contributed by atoms with van der Waals surface area (Å²) < 4.78 is 0. The first-order valence-corrected chi connectivity index (χ1v) is 4.24. The van der Waals surface area contributed by atoms with Gasteiger partial charge in [0.1, 0.15) is 5.82 Å². The van der Waals surface area contributed by atoms with E-state index >= 15 is 0 Å². The van der Waals surface area contributed by atoms with Crippen LogP contribution in [0.4, 0.5) is 5.82 Å². The van der Waals surface area contributed by atoms with Gasteiger partial charge in [0.25, 0.3) is 0 Å². The van der Waals surface area contributed by atoms with Crippen LogP contribution in [-0.4, -0.2) is 24.1 Å². The number of pyridine rings is 1. The normalized spacial score (nSPS) is 17.1. The molecule has 3 heteroatoms. The quantitative estimate of drug-likeness (QED) is 0.676. The zero-order chi connectivity index (χ0) is 8.39. The third kappa shape index (κ3) is 1.56. The second-order valence-electron chi connectivity index (χ2n) is 3.22. The van der Waals surface area contributed by atoms with E-state index in [1.54, 1.807) is 0 Å². The third-order valence-corrected chi connectivity index (χ3v) is 2.04. The van der Waals surface area contributed by atoms with Crippen molar-refractivity contribution >= 4 is 5.82 Å². The van der Waals surface area contributed by atoms with Crippen LogP contribution in [0.25, 0.3) is 0 Å². The number of anilines is 1. The number of hydrogen-bond acceptors (Lipinski definition) is 3. The van der Waals surface area contributed by atoms with Crippen LogP contribution < -0.4 is 10.6 Å². The molecule has 1 aliphatic heterocycles. The molecule has 0 aromatic carbocycles. The van der Waals surface area contributed by atoms with E-state index in [2.05, 4.69) is 21.7 Å². The van der Waals surface area contributed by atoms with Gasteiger partial charge < -0.3 is 10.6 Å². The van der Waals surface area contributed by atoms with E-state index < -0.39 is 0 Å². The van der Waals surface area contributed by atoms with Gasteiger partial charge in [0, 0.05) is 19.3 Å². The van der Waals surface area contributed by atoms with E-state index in [-0.39, 0.29) is 0 Å². The summed E-state index contributed by atoms with van der Waals surface area (Å²) in [6, 6.07) is 4.66. The molecular formula is C9H13N3. The van der Waals surface area contributed by atoms with Crippen molar-refractivity contribution in [1.29, 1.82) is 0 Å². The maximum atomic E-state index is 4.26. The van der Waals surface area contributed by atoms with Crippen LogP contribution in [0.5, 0.6) is 0 Å². The lowest BCUT2D eigenvalue weighted by atomic mass is 10.2. The first-order valence-electron chi connectivity index (χ1n) is 4.24. The molecule has 0 amide bonds. The summed E-state index contributed by atoms with van der Waals surface area (Å²) in [7, 11) is 0. The highest BCUT2D eigenvalue weighted by Crippen LogP contribution is 2.06. The fourth-order valence-corrected chi connectivity index (χ4v) is 1.15. The van der Waals surface area contributed by atoms with Gasteiger partial charge in [0.2, 0.25) is 0 Å². The van der Waals surface area contributed by atoms with E-state index in [0.717, 1.165) is 18.9 Å². The maximum Gasteiger partial charge on any atom is 0.126 e. The van der Waals surface area contributed by atoms with Crippen molar-refractivity contribution in [2.24, 2.45) is 0 Å². The van der Waals surface area contributed by atoms with Crippen LogP contribution in [0.1, 0.15) is 5.56 Å². The molecule has 0 atom stereocenters. The minimum absolute atomic E-state index is 0.570. The number of aromatic nitrogens is 1. The molecule has 1 saturated heterocycles.